The number of anilines is 1. The van der Waals surface area contributed by atoms with Crippen LogP contribution in [0, 0.1) is 10.1 Å². The molecule has 28 heavy (non-hydrogen) atoms. The molecule has 1 aliphatic heterocycles. The minimum atomic E-state index is -0.425. The summed E-state index contributed by atoms with van der Waals surface area (Å²) in [4.78, 5) is 38.8. The highest BCUT2D eigenvalue weighted by Gasteiger charge is 2.22. The molecule has 8 heteroatoms. The van der Waals surface area contributed by atoms with Gasteiger partial charge in [-0.2, -0.15) is 0 Å². The Labute approximate surface area is 167 Å². The Bertz CT molecular complexity index is 860. The Kier molecular flexibility index (Phi) is 6.26. The van der Waals surface area contributed by atoms with Gasteiger partial charge in [0, 0.05) is 67.4 Å². The van der Waals surface area contributed by atoms with Gasteiger partial charge in [-0.25, -0.2) is 0 Å². The summed E-state index contributed by atoms with van der Waals surface area (Å²) in [6.45, 7) is 2.42. The molecule has 0 bridgehead atoms. The van der Waals surface area contributed by atoms with E-state index in [4.69, 9.17) is 11.6 Å². The van der Waals surface area contributed by atoms with Crippen molar-refractivity contribution in [2.75, 3.05) is 31.1 Å². The van der Waals surface area contributed by atoms with Gasteiger partial charge in [0.25, 0.3) is 5.69 Å². The van der Waals surface area contributed by atoms with Gasteiger partial charge in [0.05, 0.1) is 4.92 Å². The lowest BCUT2D eigenvalue weighted by Gasteiger charge is -2.36. The molecule has 3 rings (SSSR count). The summed E-state index contributed by atoms with van der Waals surface area (Å²) in [5.74, 6) is -0.111. The summed E-state index contributed by atoms with van der Waals surface area (Å²) in [6, 6.07) is 13.1. The topological polar surface area (TPSA) is 83.8 Å². The normalized spacial score (nSPS) is 14.0. The highest BCUT2D eigenvalue weighted by atomic mass is 35.5. The number of nitro benzene ring substituents is 1. The monoisotopic (exact) mass is 401 g/mol. The van der Waals surface area contributed by atoms with E-state index in [1.54, 1.807) is 41.3 Å². The lowest BCUT2D eigenvalue weighted by molar-refractivity contribution is -0.384. The second kappa shape index (κ2) is 8.84. The van der Waals surface area contributed by atoms with Crippen LogP contribution in [0.1, 0.15) is 23.2 Å². The molecule has 146 valence electrons. The van der Waals surface area contributed by atoms with Crippen LogP contribution in [0.25, 0.3) is 0 Å². The average molecular weight is 402 g/mol. The van der Waals surface area contributed by atoms with Crippen LogP contribution in [0.3, 0.4) is 0 Å². The van der Waals surface area contributed by atoms with Crippen LogP contribution < -0.4 is 4.90 Å². The van der Waals surface area contributed by atoms with Crippen molar-refractivity contribution in [2.45, 2.75) is 12.8 Å². The molecule has 0 N–H and O–H groups in total. The SMILES string of the molecule is O=C(CCC(=O)N1CCN(c2ccc([N+](=O)[O-])cc2)CC1)c1ccc(Cl)cc1. The average Bonchev–Trinajstić information content (AvgIpc) is 2.72. The van der Waals surface area contributed by atoms with E-state index in [0.717, 1.165) is 5.69 Å². The largest absolute Gasteiger partial charge is 0.368 e. The van der Waals surface area contributed by atoms with Gasteiger partial charge in [-0.15, -0.1) is 0 Å². The quantitative estimate of drug-likeness (QED) is 0.420. The maximum absolute atomic E-state index is 12.4. The van der Waals surface area contributed by atoms with Crippen LogP contribution >= 0.6 is 11.6 Å². The summed E-state index contributed by atoms with van der Waals surface area (Å²) < 4.78 is 0. The third-order valence-corrected chi connectivity index (χ3v) is 5.04. The first kappa shape index (κ1) is 19.8. The van der Waals surface area contributed by atoms with Gasteiger partial charge in [-0.1, -0.05) is 11.6 Å². The molecule has 0 saturated carbocycles. The number of non-ortho nitro benzene ring substituents is 1. The van der Waals surface area contributed by atoms with Crippen molar-refractivity contribution < 1.29 is 14.5 Å². The van der Waals surface area contributed by atoms with Crippen LogP contribution in [0.15, 0.2) is 48.5 Å². The number of hydrogen-bond acceptors (Lipinski definition) is 5. The number of rotatable bonds is 6. The van der Waals surface area contributed by atoms with Crippen molar-refractivity contribution in [2.24, 2.45) is 0 Å². The molecule has 0 aromatic heterocycles. The van der Waals surface area contributed by atoms with Crippen molar-refractivity contribution in [3.8, 4) is 0 Å². The van der Waals surface area contributed by atoms with Gasteiger partial charge in [0.2, 0.25) is 5.91 Å². The molecule has 1 fully saturated rings. The van der Waals surface area contributed by atoms with E-state index in [9.17, 15) is 19.7 Å². The fourth-order valence-electron chi connectivity index (χ4n) is 3.16. The van der Waals surface area contributed by atoms with Crippen LogP contribution in [-0.2, 0) is 4.79 Å². The molecule has 7 nitrogen and oxygen atoms in total. The summed E-state index contributed by atoms with van der Waals surface area (Å²) in [6.07, 6.45) is 0.349. The number of ketones is 1. The number of nitrogens with zero attached hydrogens (tertiary/aromatic N) is 3. The van der Waals surface area contributed by atoms with E-state index in [1.165, 1.54) is 12.1 Å². The highest BCUT2D eigenvalue weighted by molar-refractivity contribution is 6.30. The molecule has 0 spiro atoms. The summed E-state index contributed by atoms with van der Waals surface area (Å²) >= 11 is 5.82. The van der Waals surface area contributed by atoms with Gasteiger partial charge in [-0.3, -0.25) is 19.7 Å². The molecule has 2 aromatic rings. The maximum Gasteiger partial charge on any atom is 0.269 e. The number of piperazine rings is 1. The smallest absolute Gasteiger partial charge is 0.269 e. The van der Waals surface area contributed by atoms with Crippen molar-refractivity contribution in [1.82, 2.24) is 4.90 Å². The molecule has 1 aliphatic rings. The molecule has 0 unspecified atom stereocenters. The van der Waals surface area contributed by atoms with Crippen LogP contribution in [0.4, 0.5) is 11.4 Å². The zero-order chi connectivity index (χ0) is 20.1. The summed E-state index contributed by atoms with van der Waals surface area (Å²) in [5.41, 5.74) is 1.51. The Hall–Kier alpha value is -2.93. The lowest BCUT2D eigenvalue weighted by atomic mass is 10.1. The number of amides is 1. The number of nitro groups is 1. The van der Waals surface area contributed by atoms with Gasteiger partial charge in [-0.05, 0) is 36.4 Å². The highest BCUT2D eigenvalue weighted by Crippen LogP contribution is 2.21. The minimum Gasteiger partial charge on any atom is -0.368 e. The van der Waals surface area contributed by atoms with E-state index in [2.05, 4.69) is 4.90 Å². The number of benzene rings is 2. The fourth-order valence-corrected chi connectivity index (χ4v) is 3.28. The Morgan fingerprint density at radius 2 is 1.54 bits per heavy atom. The first-order valence-corrected chi connectivity index (χ1v) is 9.38. The second-order valence-electron chi connectivity index (χ2n) is 6.57. The molecule has 0 radical (unpaired) electrons. The number of carbonyl (C=O) groups excluding carboxylic acids is 2. The molecular weight excluding hydrogens is 382 g/mol. The molecule has 2 aromatic carbocycles. The molecular formula is C20H20ClN3O4. The predicted octanol–water partition coefficient (Wildman–Crippen LogP) is 3.56. The molecule has 1 amide bonds. The third kappa shape index (κ3) is 4.86. The number of carbonyl (C=O) groups is 2. The van der Waals surface area contributed by atoms with E-state index < -0.39 is 4.92 Å². The maximum atomic E-state index is 12.4. The molecule has 1 heterocycles. The fraction of sp³-hybridized carbons (Fsp3) is 0.300. The van der Waals surface area contributed by atoms with Gasteiger partial charge < -0.3 is 9.80 Å². The van der Waals surface area contributed by atoms with Crippen molar-refractivity contribution in [3.63, 3.8) is 0 Å². The van der Waals surface area contributed by atoms with Gasteiger partial charge >= 0.3 is 0 Å². The molecule has 0 aliphatic carbocycles. The summed E-state index contributed by atoms with van der Waals surface area (Å²) in [7, 11) is 0. The van der Waals surface area contributed by atoms with Gasteiger partial charge in [0.1, 0.15) is 0 Å². The van der Waals surface area contributed by atoms with E-state index in [0.29, 0.717) is 36.8 Å². The van der Waals surface area contributed by atoms with Crippen molar-refractivity contribution >= 4 is 34.7 Å². The van der Waals surface area contributed by atoms with Crippen LogP contribution in [-0.4, -0.2) is 47.7 Å². The zero-order valence-corrected chi connectivity index (χ0v) is 16.0. The van der Waals surface area contributed by atoms with Gasteiger partial charge in [0.15, 0.2) is 5.78 Å². The Morgan fingerprint density at radius 3 is 2.11 bits per heavy atom. The first-order valence-electron chi connectivity index (χ1n) is 9.00. The minimum absolute atomic E-state index is 0.0364. The van der Waals surface area contributed by atoms with E-state index in [1.807, 2.05) is 0 Å². The van der Waals surface area contributed by atoms with Crippen molar-refractivity contribution in [3.05, 3.63) is 69.2 Å². The number of hydrogen-bond donors (Lipinski definition) is 0. The number of Topliss-reactive ketones (excluding diaryl/α,β-unsaturated/α-hetero) is 1. The van der Waals surface area contributed by atoms with E-state index in [-0.39, 0.29) is 30.2 Å². The second-order valence-corrected chi connectivity index (χ2v) is 7.01. The lowest BCUT2D eigenvalue weighted by Crippen LogP contribution is -2.48. The van der Waals surface area contributed by atoms with Crippen LogP contribution in [0.5, 0.6) is 0 Å². The third-order valence-electron chi connectivity index (χ3n) is 4.79. The molecule has 1 saturated heterocycles. The first-order chi connectivity index (χ1) is 13.4. The molecule has 0 atom stereocenters. The van der Waals surface area contributed by atoms with E-state index >= 15 is 0 Å². The number of halogens is 1. The predicted molar refractivity (Wildman–Crippen MR) is 107 cm³/mol. The van der Waals surface area contributed by atoms with Crippen LogP contribution in [0.2, 0.25) is 5.02 Å². The zero-order valence-electron chi connectivity index (χ0n) is 15.2. The Morgan fingerprint density at radius 1 is 0.929 bits per heavy atom. The standard InChI is InChI=1S/C20H20ClN3O4/c21-16-3-1-15(2-4-16)19(25)9-10-20(26)23-13-11-22(12-14-23)17-5-7-18(8-6-17)24(27)28/h1-8H,9-14H2. The Balaban J connectivity index is 1.47. The van der Waals surface area contributed by atoms with Crippen molar-refractivity contribution in [1.29, 1.82) is 0 Å². The summed E-state index contributed by atoms with van der Waals surface area (Å²) in [5, 5.41) is 11.3.